The second-order valence-corrected chi connectivity index (χ2v) is 12.7. The van der Waals surface area contributed by atoms with Crippen molar-refractivity contribution in [1.82, 2.24) is 4.31 Å². The molecule has 1 aliphatic rings. The Kier molecular flexibility index (Phi) is 8.11. The quantitative estimate of drug-likeness (QED) is 0.223. The molecule has 5 rings (SSSR count). The van der Waals surface area contributed by atoms with Gasteiger partial charge in [-0.3, -0.25) is 9.59 Å². The first-order chi connectivity index (χ1) is 19.2. The fourth-order valence-electron chi connectivity index (χ4n) is 4.93. The summed E-state index contributed by atoms with van der Waals surface area (Å²) in [6, 6.07) is 18.3. The lowest BCUT2D eigenvalue weighted by molar-refractivity contribution is 0.0997. The molecule has 3 aromatic carbocycles. The molecule has 1 atom stereocenters. The van der Waals surface area contributed by atoms with E-state index in [2.05, 4.69) is 21.2 Å². The van der Waals surface area contributed by atoms with Gasteiger partial charge in [-0.2, -0.15) is 4.31 Å². The van der Waals surface area contributed by atoms with Crippen molar-refractivity contribution in [3.8, 4) is 5.75 Å². The van der Waals surface area contributed by atoms with Crippen molar-refractivity contribution >= 4 is 54.2 Å². The smallest absolute Gasteiger partial charge is 0.243 e. The number of Topliss-reactive ketones (excluding diaryl/α,β-unsaturated/α-hetero) is 1. The number of para-hydroxylation sites is 1. The van der Waals surface area contributed by atoms with Crippen LogP contribution in [0.3, 0.4) is 0 Å². The summed E-state index contributed by atoms with van der Waals surface area (Å²) >= 11 is 3.41. The van der Waals surface area contributed by atoms with Crippen LogP contribution < -0.4 is 10.1 Å². The van der Waals surface area contributed by atoms with E-state index in [1.54, 1.807) is 55.6 Å². The van der Waals surface area contributed by atoms with Crippen LogP contribution in [0.25, 0.3) is 11.0 Å². The van der Waals surface area contributed by atoms with Gasteiger partial charge in [0.1, 0.15) is 11.3 Å². The molecule has 1 saturated heterocycles. The summed E-state index contributed by atoms with van der Waals surface area (Å²) in [5.74, 6) is 0.266. The second kappa shape index (κ2) is 11.6. The molecule has 0 spiro atoms. The van der Waals surface area contributed by atoms with Gasteiger partial charge in [0.25, 0.3) is 0 Å². The highest BCUT2D eigenvalue weighted by molar-refractivity contribution is 9.10. The van der Waals surface area contributed by atoms with Crippen molar-refractivity contribution in [3.63, 3.8) is 0 Å². The van der Waals surface area contributed by atoms with Crippen LogP contribution >= 0.6 is 15.9 Å². The van der Waals surface area contributed by atoms with E-state index in [1.807, 2.05) is 13.0 Å². The number of nitrogens with zero attached hydrogens (tertiary/aromatic N) is 1. The van der Waals surface area contributed by atoms with Gasteiger partial charge >= 0.3 is 0 Å². The molecule has 0 bridgehead atoms. The Morgan fingerprint density at radius 3 is 2.62 bits per heavy atom. The molecule has 1 aromatic heterocycles. The predicted octanol–water partition coefficient (Wildman–Crippen LogP) is 6.15. The number of rotatable bonds is 9. The molecule has 40 heavy (non-hydrogen) atoms. The molecule has 208 valence electrons. The lowest BCUT2D eigenvalue weighted by Crippen LogP contribution is -2.39. The molecule has 0 amide bonds. The Balaban J connectivity index is 1.40. The van der Waals surface area contributed by atoms with Gasteiger partial charge in [0.2, 0.25) is 15.8 Å². The van der Waals surface area contributed by atoms with Crippen LogP contribution in [0.15, 0.2) is 80.5 Å². The third-order valence-corrected chi connectivity index (χ3v) is 9.54. The van der Waals surface area contributed by atoms with Crippen molar-refractivity contribution in [1.29, 1.82) is 0 Å². The van der Waals surface area contributed by atoms with Crippen molar-refractivity contribution < 1.29 is 27.2 Å². The zero-order chi connectivity index (χ0) is 28.4. The highest BCUT2D eigenvalue weighted by Gasteiger charge is 2.29. The van der Waals surface area contributed by atoms with E-state index >= 15 is 0 Å². The van der Waals surface area contributed by atoms with E-state index in [9.17, 15) is 18.0 Å². The number of fused-ring (bicyclic) bond motifs is 1. The van der Waals surface area contributed by atoms with Crippen LogP contribution in [0.5, 0.6) is 5.75 Å². The van der Waals surface area contributed by atoms with Gasteiger partial charge in [-0.25, -0.2) is 8.42 Å². The Morgan fingerprint density at radius 2 is 1.88 bits per heavy atom. The van der Waals surface area contributed by atoms with Crippen LogP contribution in [0.2, 0.25) is 0 Å². The standard InChI is InChI=1S/C30H29BrN2O6S/c1-19-7-6-14-33(18-19)40(36,37)22-9-5-8-20(15-22)25(34)17-32-28-23-10-3-4-11-26(23)39-30(28)29(35)21-12-13-27(38-2)24(31)16-21/h3-5,8-13,15-16,19,32H,6-7,14,17-18H2,1-2H3. The molecule has 1 N–H and O–H groups in total. The van der Waals surface area contributed by atoms with Crippen molar-refractivity contribution in [2.24, 2.45) is 5.92 Å². The number of methoxy groups -OCH3 is 1. The van der Waals surface area contributed by atoms with Gasteiger partial charge in [-0.1, -0.05) is 31.2 Å². The van der Waals surface area contributed by atoms with Crippen molar-refractivity contribution in [2.75, 3.05) is 32.1 Å². The number of hydrogen-bond acceptors (Lipinski definition) is 7. The highest BCUT2D eigenvalue weighted by Crippen LogP contribution is 2.34. The predicted molar refractivity (Wildman–Crippen MR) is 157 cm³/mol. The van der Waals surface area contributed by atoms with Crippen LogP contribution in [-0.2, 0) is 10.0 Å². The van der Waals surface area contributed by atoms with Crippen molar-refractivity contribution in [2.45, 2.75) is 24.7 Å². The molecular weight excluding hydrogens is 596 g/mol. The Labute approximate surface area is 241 Å². The van der Waals surface area contributed by atoms with Gasteiger partial charge in [0, 0.05) is 29.6 Å². The zero-order valence-electron chi connectivity index (χ0n) is 22.1. The first kappa shape index (κ1) is 28.1. The number of benzene rings is 3. The third kappa shape index (κ3) is 5.56. The zero-order valence-corrected chi connectivity index (χ0v) is 24.5. The number of furan rings is 1. The molecule has 10 heteroatoms. The number of ether oxygens (including phenoxy) is 1. The molecule has 1 fully saturated rings. The maximum Gasteiger partial charge on any atom is 0.243 e. The lowest BCUT2D eigenvalue weighted by Gasteiger charge is -2.30. The summed E-state index contributed by atoms with van der Waals surface area (Å²) in [4.78, 5) is 26.8. The maximum absolute atomic E-state index is 13.5. The summed E-state index contributed by atoms with van der Waals surface area (Å²) in [7, 11) is -2.17. The fourth-order valence-corrected chi connectivity index (χ4v) is 7.12. The summed E-state index contributed by atoms with van der Waals surface area (Å²) in [6.07, 6.45) is 1.81. The van der Waals surface area contributed by atoms with E-state index in [0.717, 1.165) is 12.8 Å². The average Bonchev–Trinajstić information content (AvgIpc) is 3.34. The maximum atomic E-state index is 13.5. The molecule has 0 radical (unpaired) electrons. The Morgan fingerprint density at radius 1 is 1.07 bits per heavy atom. The topological polar surface area (TPSA) is 106 Å². The minimum absolute atomic E-state index is 0.0709. The molecule has 1 unspecified atom stereocenters. The van der Waals surface area contributed by atoms with Gasteiger partial charge in [0.15, 0.2) is 11.5 Å². The number of carbonyl (C=O) groups is 2. The monoisotopic (exact) mass is 624 g/mol. The number of sulfonamides is 1. The van der Waals surface area contributed by atoms with E-state index in [-0.39, 0.29) is 34.3 Å². The summed E-state index contributed by atoms with van der Waals surface area (Å²) in [5, 5.41) is 3.74. The SMILES string of the molecule is COc1ccc(C(=O)c2oc3ccccc3c2NCC(=O)c2cccc(S(=O)(=O)N3CCCC(C)C3)c2)cc1Br. The van der Waals surface area contributed by atoms with Gasteiger partial charge in [0.05, 0.1) is 28.7 Å². The van der Waals surface area contributed by atoms with Crippen LogP contribution in [0.4, 0.5) is 5.69 Å². The van der Waals surface area contributed by atoms with Crippen LogP contribution in [0, 0.1) is 5.92 Å². The molecule has 8 nitrogen and oxygen atoms in total. The summed E-state index contributed by atoms with van der Waals surface area (Å²) < 4.78 is 39.8. The number of piperidine rings is 1. The Hall–Kier alpha value is -3.47. The molecular formula is C30H29BrN2O6S. The van der Waals surface area contributed by atoms with E-state index < -0.39 is 10.0 Å². The van der Waals surface area contributed by atoms with E-state index in [4.69, 9.17) is 9.15 Å². The molecule has 0 saturated carbocycles. The van der Waals surface area contributed by atoms with Crippen LogP contribution in [-0.4, -0.2) is 51.0 Å². The number of anilines is 1. The first-order valence-corrected chi connectivity index (χ1v) is 15.2. The third-order valence-electron chi connectivity index (χ3n) is 7.05. The highest BCUT2D eigenvalue weighted by atomic mass is 79.9. The number of carbonyl (C=O) groups excluding carboxylic acids is 2. The number of ketones is 2. The van der Waals surface area contributed by atoms with Crippen molar-refractivity contribution in [3.05, 3.63) is 88.1 Å². The lowest BCUT2D eigenvalue weighted by atomic mass is 10.0. The van der Waals surface area contributed by atoms with Crippen LogP contribution in [0.1, 0.15) is 46.2 Å². The van der Waals surface area contributed by atoms with E-state index in [0.29, 0.717) is 51.4 Å². The number of halogens is 1. The normalized spacial score (nSPS) is 16.1. The molecule has 1 aliphatic heterocycles. The summed E-state index contributed by atoms with van der Waals surface area (Å²) in [5.41, 5.74) is 1.54. The average molecular weight is 626 g/mol. The fraction of sp³-hybridized carbons (Fsp3) is 0.267. The summed E-state index contributed by atoms with van der Waals surface area (Å²) in [6.45, 7) is 2.82. The minimum Gasteiger partial charge on any atom is -0.496 e. The first-order valence-electron chi connectivity index (χ1n) is 13.0. The Bertz CT molecular complexity index is 1700. The molecule has 0 aliphatic carbocycles. The van der Waals surface area contributed by atoms with Gasteiger partial charge in [-0.15, -0.1) is 0 Å². The number of hydrogen-bond donors (Lipinski definition) is 1. The second-order valence-electron chi connectivity index (χ2n) is 9.90. The number of nitrogens with one attached hydrogen (secondary N) is 1. The molecule has 4 aromatic rings. The minimum atomic E-state index is -3.71. The van der Waals surface area contributed by atoms with Gasteiger partial charge < -0.3 is 14.5 Å². The van der Waals surface area contributed by atoms with Gasteiger partial charge in [-0.05, 0) is 77.2 Å². The largest absolute Gasteiger partial charge is 0.496 e. The van der Waals surface area contributed by atoms with E-state index in [1.165, 1.54) is 16.4 Å². The molecule has 2 heterocycles.